The number of carbonyl (C=O) groups excluding carboxylic acids is 4. The molecule has 10 heteroatoms. The van der Waals surface area contributed by atoms with E-state index in [4.69, 9.17) is 14.2 Å². The van der Waals surface area contributed by atoms with E-state index >= 15 is 0 Å². The van der Waals surface area contributed by atoms with Gasteiger partial charge in [-0.15, -0.1) is 0 Å². The van der Waals surface area contributed by atoms with Gasteiger partial charge in [-0.1, -0.05) is 24.3 Å². The average molecular weight is 482 g/mol. The number of anilines is 1. The zero-order valence-corrected chi connectivity index (χ0v) is 19.5. The predicted octanol–water partition coefficient (Wildman–Crippen LogP) is 2.03. The number of barbiturate groups is 1. The first-order chi connectivity index (χ1) is 16.9. The molecular weight excluding hydrogens is 454 g/mol. The predicted molar refractivity (Wildman–Crippen MR) is 128 cm³/mol. The largest absolute Gasteiger partial charge is 0.497 e. The molecule has 1 aliphatic heterocycles. The van der Waals surface area contributed by atoms with Crippen molar-refractivity contribution in [1.82, 2.24) is 10.6 Å². The third kappa shape index (κ3) is 7.68. The molecule has 2 N–H and O–H groups in total. The summed E-state index contributed by atoms with van der Waals surface area (Å²) in [7, 11) is 1.62. The summed E-state index contributed by atoms with van der Waals surface area (Å²) in [5.41, 5.74) is 2.32. The molecular formula is C25H27N3O7. The van der Waals surface area contributed by atoms with Crippen LogP contribution in [-0.2, 0) is 30.5 Å². The summed E-state index contributed by atoms with van der Waals surface area (Å²) < 4.78 is 16.1. The maximum atomic E-state index is 11.9. The Labute approximate surface area is 202 Å². The molecule has 0 bridgehead atoms. The Morgan fingerprint density at radius 2 is 1.54 bits per heavy atom. The number of amides is 4. The molecule has 0 aliphatic carbocycles. The van der Waals surface area contributed by atoms with E-state index in [1.165, 1.54) is 13.0 Å². The molecule has 1 aliphatic rings. The van der Waals surface area contributed by atoms with Crippen LogP contribution in [0.3, 0.4) is 0 Å². The molecule has 3 rings (SSSR count). The van der Waals surface area contributed by atoms with E-state index in [2.05, 4.69) is 0 Å². The van der Waals surface area contributed by atoms with Gasteiger partial charge in [0.05, 0.1) is 26.9 Å². The van der Waals surface area contributed by atoms with Gasteiger partial charge in [0.15, 0.2) is 0 Å². The highest BCUT2D eigenvalue weighted by Gasteiger charge is 2.27. The second-order valence-electron chi connectivity index (χ2n) is 7.61. The van der Waals surface area contributed by atoms with E-state index in [1.807, 2.05) is 51.9 Å². The summed E-state index contributed by atoms with van der Waals surface area (Å²) in [6, 6.07) is 13.9. The number of nitrogens with one attached hydrogen (secondary N) is 2. The zero-order valence-electron chi connectivity index (χ0n) is 19.5. The number of nitrogens with zero attached hydrogens (tertiary/aromatic N) is 1. The molecule has 2 aromatic rings. The van der Waals surface area contributed by atoms with Gasteiger partial charge in [0, 0.05) is 19.2 Å². The van der Waals surface area contributed by atoms with Crippen LogP contribution in [0.5, 0.6) is 5.75 Å². The summed E-state index contributed by atoms with van der Waals surface area (Å²) in [4.78, 5) is 48.2. The van der Waals surface area contributed by atoms with Crippen molar-refractivity contribution in [2.24, 2.45) is 0 Å². The van der Waals surface area contributed by atoms with Crippen molar-refractivity contribution in [2.75, 3.05) is 38.3 Å². The van der Waals surface area contributed by atoms with Gasteiger partial charge in [-0.2, -0.15) is 0 Å². The van der Waals surface area contributed by atoms with Crippen LogP contribution in [0.2, 0.25) is 0 Å². The van der Waals surface area contributed by atoms with Crippen molar-refractivity contribution in [3.8, 4) is 5.75 Å². The van der Waals surface area contributed by atoms with E-state index in [9.17, 15) is 19.2 Å². The quantitative estimate of drug-likeness (QED) is 0.216. The zero-order chi connectivity index (χ0) is 25.2. The molecule has 0 unspecified atom stereocenters. The third-order valence-corrected chi connectivity index (χ3v) is 5.11. The number of urea groups is 1. The van der Waals surface area contributed by atoms with Crippen molar-refractivity contribution in [3.63, 3.8) is 0 Å². The Morgan fingerprint density at radius 1 is 0.914 bits per heavy atom. The summed E-state index contributed by atoms with van der Waals surface area (Å²) in [5.74, 6) is -1.08. The van der Waals surface area contributed by atoms with E-state index in [-0.39, 0.29) is 18.1 Å². The minimum Gasteiger partial charge on any atom is -0.497 e. The number of hydrogen-bond donors (Lipinski definition) is 2. The molecule has 0 atom stereocenters. The molecule has 1 heterocycles. The van der Waals surface area contributed by atoms with Crippen molar-refractivity contribution in [3.05, 3.63) is 65.2 Å². The van der Waals surface area contributed by atoms with Gasteiger partial charge in [-0.25, -0.2) is 4.79 Å². The lowest BCUT2D eigenvalue weighted by atomic mass is 10.1. The van der Waals surface area contributed by atoms with Crippen LogP contribution in [0.15, 0.2) is 54.1 Å². The first-order valence-corrected chi connectivity index (χ1v) is 10.9. The maximum Gasteiger partial charge on any atom is 0.328 e. The van der Waals surface area contributed by atoms with Crippen molar-refractivity contribution in [2.45, 2.75) is 13.5 Å². The second-order valence-corrected chi connectivity index (χ2v) is 7.61. The number of methoxy groups -OCH3 is 1. The van der Waals surface area contributed by atoms with Crippen LogP contribution in [0.1, 0.15) is 18.1 Å². The smallest absolute Gasteiger partial charge is 0.328 e. The van der Waals surface area contributed by atoms with E-state index in [1.54, 1.807) is 19.2 Å². The first kappa shape index (κ1) is 25.4. The lowest BCUT2D eigenvalue weighted by Crippen LogP contribution is -2.51. The van der Waals surface area contributed by atoms with Gasteiger partial charge in [-0.3, -0.25) is 25.0 Å². The summed E-state index contributed by atoms with van der Waals surface area (Å²) in [6.45, 7) is 3.46. The molecule has 2 aromatic carbocycles. The fourth-order valence-corrected chi connectivity index (χ4v) is 3.31. The van der Waals surface area contributed by atoms with Crippen molar-refractivity contribution in [1.29, 1.82) is 0 Å². The third-order valence-electron chi connectivity index (χ3n) is 5.11. The number of rotatable bonds is 11. The number of hydrogen-bond acceptors (Lipinski definition) is 8. The summed E-state index contributed by atoms with van der Waals surface area (Å²) >= 11 is 0. The van der Waals surface area contributed by atoms with E-state index in [0.717, 1.165) is 17.0 Å². The Bertz CT molecular complexity index is 1070. The molecule has 10 nitrogen and oxygen atoms in total. The maximum absolute atomic E-state index is 11.9. The van der Waals surface area contributed by atoms with Crippen LogP contribution in [0, 0.1) is 0 Å². The highest BCUT2D eigenvalue weighted by molar-refractivity contribution is 6.31. The standard InChI is InChI=1S/C25H27N3O7/c1-17(29)35-14-12-28(11-13-34-16-19-5-9-21(33-2)10-6-19)20-7-3-18(4-8-20)15-22-23(30)26-25(32)27-24(22)31/h3-10,15H,11-14,16H2,1-2H3,(H2,26,27,30,31,32). The van der Waals surface area contributed by atoms with Crippen LogP contribution in [-0.4, -0.2) is 57.2 Å². The number of esters is 1. The van der Waals surface area contributed by atoms with Gasteiger partial charge in [0.25, 0.3) is 11.8 Å². The highest BCUT2D eigenvalue weighted by Crippen LogP contribution is 2.18. The van der Waals surface area contributed by atoms with Gasteiger partial charge < -0.3 is 19.1 Å². The Balaban J connectivity index is 1.62. The van der Waals surface area contributed by atoms with Gasteiger partial charge >= 0.3 is 12.0 Å². The van der Waals surface area contributed by atoms with Gasteiger partial charge in [0.1, 0.15) is 17.9 Å². The van der Waals surface area contributed by atoms with Crippen LogP contribution in [0.25, 0.3) is 6.08 Å². The minimum absolute atomic E-state index is 0.156. The van der Waals surface area contributed by atoms with Crippen molar-refractivity contribution >= 4 is 35.6 Å². The lowest BCUT2D eigenvalue weighted by molar-refractivity contribution is -0.140. The first-order valence-electron chi connectivity index (χ1n) is 10.9. The monoisotopic (exact) mass is 481 g/mol. The second kappa shape index (κ2) is 12.3. The van der Waals surface area contributed by atoms with Gasteiger partial charge in [0.2, 0.25) is 0 Å². The average Bonchev–Trinajstić information content (AvgIpc) is 2.83. The van der Waals surface area contributed by atoms with Crippen LogP contribution < -0.4 is 20.3 Å². The Morgan fingerprint density at radius 3 is 2.14 bits per heavy atom. The number of imide groups is 2. The molecule has 184 valence electrons. The molecule has 0 saturated carbocycles. The Hall–Kier alpha value is -4.18. The van der Waals surface area contributed by atoms with Crippen LogP contribution in [0.4, 0.5) is 10.5 Å². The highest BCUT2D eigenvalue weighted by atomic mass is 16.5. The molecule has 4 amide bonds. The fraction of sp³-hybridized carbons (Fsp3) is 0.280. The topological polar surface area (TPSA) is 123 Å². The minimum atomic E-state index is -0.842. The molecule has 0 radical (unpaired) electrons. The number of ether oxygens (including phenoxy) is 3. The lowest BCUT2D eigenvalue weighted by Gasteiger charge is -2.25. The molecule has 0 aromatic heterocycles. The molecule has 35 heavy (non-hydrogen) atoms. The fourth-order valence-electron chi connectivity index (χ4n) is 3.31. The van der Waals surface area contributed by atoms with E-state index < -0.39 is 17.8 Å². The molecule has 1 saturated heterocycles. The Kier molecular flexibility index (Phi) is 8.96. The number of carbonyl (C=O) groups is 4. The normalized spacial score (nSPS) is 13.1. The summed E-state index contributed by atoms with van der Waals surface area (Å²) in [5, 5.41) is 4.08. The van der Waals surface area contributed by atoms with Crippen molar-refractivity contribution < 1.29 is 33.4 Å². The summed E-state index contributed by atoms with van der Waals surface area (Å²) in [6.07, 6.45) is 1.40. The van der Waals surface area contributed by atoms with Crippen LogP contribution >= 0.6 is 0 Å². The molecule has 0 spiro atoms. The van der Waals surface area contributed by atoms with Gasteiger partial charge in [-0.05, 0) is 41.5 Å². The molecule has 1 fully saturated rings. The number of benzene rings is 2. The van der Waals surface area contributed by atoms with E-state index in [0.29, 0.717) is 31.9 Å². The SMILES string of the molecule is COc1ccc(COCCN(CCOC(C)=O)c2ccc(C=C3C(=O)NC(=O)NC3=O)cc2)cc1.